The molecule has 0 spiro atoms. The van der Waals surface area contributed by atoms with Gasteiger partial charge in [0.05, 0.1) is 12.3 Å². The maximum atomic E-state index is 13.6. The summed E-state index contributed by atoms with van der Waals surface area (Å²) in [6, 6.07) is 3.34. The minimum absolute atomic E-state index is 0.0172. The van der Waals surface area contributed by atoms with E-state index >= 15 is 0 Å². The van der Waals surface area contributed by atoms with Crippen molar-refractivity contribution in [3.05, 3.63) is 45.7 Å². The van der Waals surface area contributed by atoms with E-state index in [0.29, 0.717) is 32.2 Å². The van der Waals surface area contributed by atoms with Gasteiger partial charge in [-0.3, -0.25) is 14.5 Å². The van der Waals surface area contributed by atoms with Crippen LogP contribution in [0.15, 0.2) is 23.4 Å². The largest absolute Gasteiger partial charge is 0.389 e. The average molecular weight is 697 g/mol. The molecule has 268 valence electrons. The molecule has 9 nitrogen and oxygen atoms in total. The average Bonchev–Trinajstić information content (AvgIpc) is 3.16. The van der Waals surface area contributed by atoms with Crippen LogP contribution in [0.25, 0.3) is 0 Å². The van der Waals surface area contributed by atoms with E-state index in [0.717, 1.165) is 52.8 Å². The first-order valence-electron chi connectivity index (χ1n) is 17.1. The molecule has 2 heterocycles. The van der Waals surface area contributed by atoms with E-state index in [4.69, 9.17) is 0 Å². The molecule has 3 aliphatic rings. The maximum absolute atomic E-state index is 13.6. The van der Waals surface area contributed by atoms with Crippen LogP contribution in [0.1, 0.15) is 107 Å². The SMILES string of the molecule is C/C1=C(/C2CCC(CCC(F)(F)F)CC2)NC(=O)CCN(S(=O)(=O)CCc2c(C)cc(CN3C(=O)NC(C)(C)C3=O)cc2C)CCCC1. The lowest BCUT2D eigenvalue weighted by atomic mass is 9.77. The summed E-state index contributed by atoms with van der Waals surface area (Å²) in [5, 5.41) is 5.76. The monoisotopic (exact) mass is 696 g/mol. The summed E-state index contributed by atoms with van der Waals surface area (Å²) in [5.41, 5.74) is 4.42. The number of sulfonamides is 1. The molecule has 4 amide bonds. The minimum Gasteiger partial charge on any atom is -0.330 e. The molecule has 0 unspecified atom stereocenters. The van der Waals surface area contributed by atoms with Gasteiger partial charge in [0.1, 0.15) is 5.54 Å². The molecule has 1 saturated carbocycles. The number of allylic oxidation sites excluding steroid dienone is 2. The van der Waals surface area contributed by atoms with E-state index in [1.165, 1.54) is 9.21 Å². The number of urea groups is 1. The fourth-order valence-corrected chi connectivity index (χ4v) is 8.88. The Morgan fingerprint density at radius 2 is 1.58 bits per heavy atom. The van der Waals surface area contributed by atoms with E-state index in [2.05, 4.69) is 10.6 Å². The molecule has 1 aromatic rings. The van der Waals surface area contributed by atoms with Gasteiger partial charge in [-0.15, -0.1) is 0 Å². The minimum atomic E-state index is -4.14. The molecule has 1 aromatic carbocycles. The first-order chi connectivity index (χ1) is 22.4. The first kappa shape index (κ1) is 37.9. The summed E-state index contributed by atoms with van der Waals surface area (Å²) in [4.78, 5) is 39.3. The number of carbonyl (C=O) groups excluding carboxylic acids is 3. The Hall–Kier alpha value is -2.93. The van der Waals surface area contributed by atoms with E-state index in [9.17, 15) is 36.0 Å². The Bertz CT molecular complexity index is 1490. The molecule has 2 N–H and O–H groups in total. The fraction of sp³-hybridized carbons (Fsp3) is 0.686. The second-order valence-electron chi connectivity index (χ2n) is 14.4. The summed E-state index contributed by atoms with van der Waals surface area (Å²) in [5.74, 6) is -0.523. The summed E-state index contributed by atoms with van der Waals surface area (Å²) < 4.78 is 66.8. The van der Waals surface area contributed by atoms with Gasteiger partial charge in [-0.2, -0.15) is 13.2 Å². The number of aryl methyl sites for hydroxylation is 2. The lowest BCUT2D eigenvalue weighted by Gasteiger charge is -2.31. The third-order valence-corrected chi connectivity index (χ3v) is 12.0. The fourth-order valence-electron chi connectivity index (χ4n) is 7.38. The third kappa shape index (κ3) is 9.83. The normalized spacial score (nSPS) is 25.1. The number of amides is 4. The van der Waals surface area contributed by atoms with Gasteiger partial charge in [-0.05, 0) is 126 Å². The number of hydrogen-bond acceptors (Lipinski definition) is 5. The second-order valence-corrected chi connectivity index (χ2v) is 16.5. The molecule has 4 rings (SSSR count). The molecule has 0 atom stereocenters. The number of alkyl halides is 3. The number of halogens is 3. The summed E-state index contributed by atoms with van der Waals surface area (Å²) in [6.07, 6.45) is 0.551. The molecule has 0 radical (unpaired) electrons. The van der Waals surface area contributed by atoms with Crippen LogP contribution in [0.2, 0.25) is 0 Å². The van der Waals surface area contributed by atoms with Crippen LogP contribution in [0, 0.1) is 25.7 Å². The van der Waals surface area contributed by atoms with Crippen molar-refractivity contribution in [1.29, 1.82) is 0 Å². The molecule has 13 heteroatoms. The zero-order valence-electron chi connectivity index (χ0n) is 28.9. The van der Waals surface area contributed by atoms with Crippen molar-refractivity contribution in [3.8, 4) is 0 Å². The van der Waals surface area contributed by atoms with Crippen LogP contribution < -0.4 is 10.6 Å². The molecule has 0 bridgehead atoms. The molecule has 48 heavy (non-hydrogen) atoms. The molecule has 1 aliphatic carbocycles. The van der Waals surface area contributed by atoms with Gasteiger partial charge in [0, 0.05) is 31.6 Å². The van der Waals surface area contributed by atoms with Gasteiger partial charge in [0.2, 0.25) is 15.9 Å². The Kier molecular flexibility index (Phi) is 12.1. The quantitative estimate of drug-likeness (QED) is 0.289. The number of carbonyl (C=O) groups is 3. The van der Waals surface area contributed by atoms with Crippen molar-refractivity contribution in [2.45, 2.75) is 124 Å². The smallest absolute Gasteiger partial charge is 0.330 e. The van der Waals surface area contributed by atoms with Crippen LogP contribution in [0.5, 0.6) is 0 Å². The van der Waals surface area contributed by atoms with E-state index in [-0.39, 0.29) is 61.8 Å². The van der Waals surface area contributed by atoms with Crippen molar-refractivity contribution in [3.63, 3.8) is 0 Å². The highest BCUT2D eigenvalue weighted by atomic mass is 32.2. The number of imide groups is 1. The lowest BCUT2D eigenvalue weighted by molar-refractivity contribution is -0.138. The Morgan fingerprint density at radius 3 is 2.17 bits per heavy atom. The molecular weight excluding hydrogens is 645 g/mol. The van der Waals surface area contributed by atoms with Crippen LogP contribution in [-0.4, -0.2) is 66.0 Å². The molecule has 1 saturated heterocycles. The summed E-state index contributed by atoms with van der Waals surface area (Å²) in [6.45, 7) is 9.63. The topological polar surface area (TPSA) is 116 Å². The third-order valence-electron chi connectivity index (χ3n) is 10.2. The van der Waals surface area contributed by atoms with Gasteiger partial charge < -0.3 is 10.6 Å². The highest BCUT2D eigenvalue weighted by Crippen LogP contribution is 2.38. The number of rotatable bonds is 9. The standard InChI is InChI=1S/C35H51F3N4O5S/c1-23-8-6-7-17-41(18-14-30(43)39-31(23)28-11-9-26(10-12-28)13-16-35(36,37)38)48(46,47)19-15-29-24(2)20-27(21-25(29)3)22-42-32(44)34(4,5)40-33(42)45/h20-21,26,28H,6-19,22H2,1-5H3,(H,39,43)(H,40,45)/b31-23+. The highest BCUT2D eigenvalue weighted by molar-refractivity contribution is 7.89. The van der Waals surface area contributed by atoms with Gasteiger partial charge in [-0.1, -0.05) is 17.7 Å². The van der Waals surface area contributed by atoms with E-state index in [1.54, 1.807) is 13.8 Å². The van der Waals surface area contributed by atoms with Crippen molar-refractivity contribution >= 4 is 27.9 Å². The predicted molar refractivity (Wildman–Crippen MR) is 178 cm³/mol. The number of nitrogens with one attached hydrogen (secondary N) is 2. The summed E-state index contributed by atoms with van der Waals surface area (Å²) in [7, 11) is -3.69. The summed E-state index contributed by atoms with van der Waals surface area (Å²) >= 11 is 0. The first-order valence-corrected chi connectivity index (χ1v) is 18.7. The number of nitrogens with zero attached hydrogens (tertiary/aromatic N) is 2. The van der Waals surface area contributed by atoms with Gasteiger partial charge in [0.25, 0.3) is 5.91 Å². The van der Waals surface area contributed by atoms with Crippen molar-refractivity contribution in [2.75, 3.05) is 18.8 Å². The van der Waals surface area contributed by atoms with Crippen molar-refractivity contribution in [2.24, 2.45) is 11.8 Å². The zero-order chi connectivity index (χ0) is 35.4. The number of hydrogen-bond donors (Lipinski definition) is 2. The van der Waals surface area contributed by atoms with Crippen LogP contribution >= 0.6 is 0 Å². The van der Waals surface area contributed by atoms with E-state index < -0.39 is 34.2 Å². The Labute approximate surface area is 283 Å². The zero-order valence-corrected chi connectivity index (χ0v) is 29.7. The Balaban J connectivity index is 1.35. The second kappa shape index (κ2) is 15.3. The van der Waals surface area contributed by atoms with Gasteiger partial charge in [-0.25, -0.2) is 17.5 Å². The highest BCUT2D eigenvalue weighted by Gasteiger charge is 2.44. The Morgan fingerprint density at radius 1 is 0.938 bits per heavy atom. The van der Waals surface area contributed by atoms with Crippen LogP contribution in [0.3, 0.4) is 0 Å². The lowest BCUT2D eigenvalue weighted by Crippen LogP contribution is -2.40. The maximum Gasteiger partial charge on any atom is 0.389 e. The molecule has 0 aromatic heterocycles. The molecule has 2 fully saturated rings. The molecular formula is C35H51F3N4O5S. The van der Waals surface area contributed by atoms with Crippen LogP contribution in [-0.2, 0) is 32.6 Å². The van der Waals surface area contributed by atoms with Crippen LogP contribution in [0.4, 0.5) is 18.0 Å². The number of benzene rings is 1. The van der Waals surface area contributed by atoms with Crippen molar-refractivity contribution in [1.82, 2.24) is 19.8 Å². The van der Waals surface area contributed by atoms with Gasteiger partial charge in [0.15, 0.2) is 0 Å². The van der Waals surface area contributed by atoms with Gasteiger partial charge >= 0.3 is 12.2 Å². The molecule has 2 aliphatic heterocycles. The van der Waals surface area contributed by atoms with E-state index in [1.807, 2.05) is 32.9 Å². The predicted octanol–water partition coefficient (Wildman–Crippen LogP) is 6.42. The van der Waals surface area contributed by atoms with Crippen molar-refractivity contribution < 1.29 is 36.0 Å².